The lowest BCUT2D eigenvalue weighted by molar-refractivity contribution is -0.413. The van der Waals surface area contributed by atoms with E-state index in [0.29, 0.717) is 0 Å². The fourth-order valence-corrected chi connectivity index (χ4v) is 0.534. The molecule has 5 heteroatoms. The van der Waals surface area contributed by atoms with E-state index in [-0.39, 0.29) is 12.2 Å². The second-order valence-corrected chi connectivity index (χ2v) is 2.60. The van der Waals surface area contributed by atoms with Crippen LogP contribution >= 0.6 is 0 Å². The number of carbonyl (C=O) groups is 2. The first-order valence-electron chi connectivity index (χ1n) is 3.72. The van der Waals surface area contributed by atoms with Gasteiger partial charge in [-0.15, -0.1) is 0 Å². The Hall–Kier alpha value is -1.36. The maximum Gasteiger partial charge on any atom is 0.368 e. The molecule has 5 nitrogen and oxygen atoms in total. The van der Waals surface area contributed by atoms with Crippen molar-refractivity contribution in [3.63, 3.8) is 0 Å². The Morgan fingerprint density at radius 1 is 1.54 bits per heavy atom. The summed E-state index contributed by atoms with van der Waals surface area (Å²) in [7, 11) is 1.25. The van der Waals surface area contributed by atoms with Crippen molar-refractivity contribution in [1.82, 2.24) is 0 Å². The molecule has 0 rings (SSSR count). The first-order valence-corrected chi connectivity index (χ1v) is 3.72. The van der Waals surface area contributed by atoms with Crippen molar-refractivity contribution in [3.05, 3.63) is 12.2 Å². The molecule has 0 aromatic heterocycles. The third-order valence-corrected chi connectivity index (χ3v) is 1.30. The van der Waals surface area contributed by atoms with Crippen molar-refractivity contribution in [2.24, 2.45) is 0 Å². The summed E-state index contributed by atoms with van der Waals surface area (Å²) in [5.41, 5.74) is 3.75. The van der Waals surface area contributed by atoms with Gasteiger partial charge in [-0.3, -0.25) is 0 Å². The minimum Gasteiger partial charge on any atom is -0.465 e. The minimum atomic E-state index is -0.687. The van der Waals surface area contributed by atoms with Crippen LogP contribution in [-0.2, 0) is 19.1 Å². The Morgan fingerprint density at radius 2 is 2.08 bits per heavy atom. The lowest BCUT2D eigenvalue weighted by Gasteiger charge is -2.06. The molecular formula is C8H14NO4+. The summed E-state index contributed by atoms with van der Waals surface area (Å²) < 4.78 is 9.08. The summed E-state index contributed by atoms with van der Waals surface area (Å²) in [5.74, 6) is -1.04. The predicted molar refractivity (Wildman–Crippen MR) is 44.5 cm³/mol. The summed E-state index contributed by atoms with van der Waals surface area (Å²) in [6, 6.07) is -0.687. The van der Waals surface area contributed by atoms with Crippen molar-refractivity contribution in [3.8, 4) is 0 Å². The van der Waals surface area contributed by atoms with E-state index in [0.717, 1.165) is 0 Å². The van der Waals surface area contributed by atoms with E-state index in [1.54, 1.807) is 0 Å². The summed E-state index contributed by atoms with van der Waals surface area (Å²) in [5, 5.41) is 0. The van der Waals surface area contributed by atoms with Gasteiger partial charge in [0.1, 0.15) is 0 Å². The van der Waals surface area contributed by atoms with Gasteiger partial charge in [0.25, 0.3) is 0 Å². The largest absolute Gasteiger partial charge is 0.465 e. The molecule has 0 amide bonds. The van der Waals surface area contributed by atoms with Crippen LogP contribution in [0.15, 0.2) is 12.2 Å². The standard InChI is InChI=1S/C8H13NO4/c1-5(2)7(10)13-4-6(9)8(11)12-3/h6H,1,4,9H2,2-3H3/p+1. The lowest BCUT2D eigenvalue weighted by atomic mass is 10.3. The average molecular weight is 188 g/mol. The number of quaternary nitrogens is 1. The van der Waals surface area contributed by atoms with E-state index in [1.807, 2.05) is 0 Å². The Bertz CT molecular complexity index is 224. The summed E-state index contributed by atoms with van der Waals surface area (Å²) in [4.78, 5) is 21.7. The van der Waals surface area contributed by atoms with E-state index in [2.05, 4.69) is 21.8 Å². The van der Waals surface area contributed by atoms with E-state index in [1.165, 1.54) is 14.0 Å². The van der Waals surface area contributed by atoms with Crippen molar-refractivity contribution < 1.29 is 24.8 Å². The lowest BCUT2D eigenvalue weighted by Crippen LogP contribution is -2.67. The first-order chi connectivity index (χ1) is 5.99. The highest BCUT2D eigenvalue weighted by Crippen LogP contribution is 1.93. The second kappa shape index (κ2) is 5.31. The molecule has 3 N–H and O–H groups in total. The zero-order valence-corrected chi connectivity index (χ0v) is 7.83. The monoisotopic (exact) mass is 188 g/mol. The number of ether oxygens (including phenoxy) is 2. The van der Waals surface area contributed by atoms with Crippen molar-refractivity contribution >= 4 is 11.9 Å². The van der Waals surface area contributed by atoms with Crippen LogP contribution in [-0.4, -0.2) is 31.7 Å². The molecule has 0 fully saturated rings. The van der Waals surface area contributed by atoms with Crippen LogP contribution in [0, 0.1) is 0 Å². The number of hydrogen-bond acceptors (Lipinski definition) is 4. The zero-order chi connectivity index (χ0) is 10.4. The molecule has 0 heterocycles. The molecule has 1 unspecified atom stereocenters. The molecule has 0 aliphatic heterocycles. The van der Waals surface area contributed by atoms with Gasteiger partial charge < -0.3 is 15.2 Å². The van der Waals surface area contributed by atoms with Gasteiger partial charge in [-0.2, -0.15) is 0 Å². The van der Waals surface area contributed by atoms with Crippen LogP contribution in [0.25, 0.3) is 0 Å². The number of carbonyl (C=O) groups excluding carboxylic acids is 2. The smallest absolute Gasteiger partial charge is 0.368 e. The second-order valence-electron chi connectivity index (χ2n) is 2.60. The molecule has 0 bridgehead atoms. The summed E-state index contributed by atoms with van der Waals surface area (Å²) in [6.45, 7) is 4.83. The van der Waals surface area contributed by atoms with Gasteiger partial charge in [0.05, 0.1) is 7.11 Å². The van der Waals surface area contributed by atoms with Crippen LogP contribution in [0.1, 0.15) is 6.92 Å². The average Bonchev–Trinajstić information content (AvgIpc) is 2.11. The van der Waals surface area contributed by atoms with Crippen LogP contribution in [0.2, 0.25) is 0 Å². The van der Waals surface area contributed by atoms with Gasteiger partial charge in [-0.25, -0.2) is 9.59 Å². The first kappa shape index (κ1) is 11.6. The van der Waals surface area contributed by atoms with Gasteiger partial charge in [0.15, 0.2) is 6.61 Å². The molecule has 0 aromatic rings. The fourth-order valence-electron chi connectivity index (χ4n) is 0.534. The van der Waals surface area contributed by atoms with Gasteiger partial charge in [0.2, 0.25) is 6.04 Å². The predicted octanol–water partition coefficient (Wildman–Crippen LogP) is -1.11. The van der Waals surface area contributed by atoms with Crippen molar-refractivity contribution in [1.29, 1.82) is 0 Å². The number of rotatable bonds is 4. The van der Waals surface area contributed by atoms with E-state index < -0.39 is 18.0 Å². The number of hydrogen-bond donors (Lipinski definition) is 1. The SMILES string of the molecule is C=C(C)C(=O)OCC([NH3+])C(=O)OC. The highest BCUT2D eigenvalue weighted by atomic mass is 16.5. The maximum absolute atomic E-state index is 10.9. The summed E-state index contributed by atoms with van der Waals surface area (Å²) in [6.07, 6.45) is 0. The van der Waals surface area contributed by atoms with E-state index in [4.69, 9.17) is 0 Å². The van der Waals surface area contributed by atoms with Crippen molar-refractivity contribution in [2.45, 2.75) is 13.0 Å². The van der Waals surface area contributed by atoms with Crippen LogP contribution in [0.5, 0.6) is 0 Å². The Morgan fingerprint density at radius 3 is 2.46 bits per heavy atom. The van der Waals surface area contributed by atoms with E-state index >= 15 is 0 Å². The normalized spacial score (nSPS) is 11.6. The third-order valence-electron chi connectivity index (χ3n) is 1.30. The van der Waals surface area contributed by atoms with Crippen LogP contribution < -0.4 is 5.73 Å². The number of methoxy groups -OCH3 is 1. The Kier molecular flexibility index (Phi) is 4.76. The molecule has 0 spiro atoms. The van der Waals surface area contributed by atoms with E-state index in [9.17, 15) is 9.59 Å². The van der Waals surface area contributed by atoms with Crippen LogP contribution in [0.4, 0.5) is 0 Å². The molecular weight excluding hydrogens is 174 g/mol. The zero-order valence-electron chi connectivity index (χ0n) is 7.83. The Labute approximate surface area is 76.5 Å². The molecule has 0 saturated carbocycles. The molecule has 1 atom stereocenters. The van der Waals surface area contributed by atoms with Gasteiger partial charge >= 0.3 is 11.9 Å². The van der Waals surface area contributed by atoms with Gasteiger partial charge in [-0.05, 0) is 6.92 Å². The van der Waals surface area contributed by atoms with Gasteiger partial charge in [0, 0.05) is 5.57 Å². The summed E-state index contributed by atoms with van der Waals surface area (Å²) >= 11 is 0. The fraction of sp³-hybridized carbons (Fsp3) is 0.500. The topological polar surface area (TPSA) is 80.2 Å². The van der Waals surface area contributed by atoms with Gasteiger partial charge in [-0.1, -0.05) is 6.58 Å². The molecule has 0 aliphatic rings. The highest BCUT2D eigenvalue weighted by molar-refractivity contribution is 5.87. The molecule has 13 heavy (non-hydrogen) atoms. The Balaban J connectivity index is 3.83. The molecule has 0 aliphatic carbocycles. The molecule has 74 valence electrons. The third kappa shape index (κ3) is 4.27. The molecule has 0 radical (unpaired) electrons. The minimum absolute atomic E-state index is 0.0850. The van der Waals surface area contributed by atoms with Crippen molar-refractivity contribution in [2.75, 3.05) is 13.7 Å². The maximum atomic E-state index is 10.9. The van der Waals surface area contributed by atoms with Crippen LogP contribution in [0.3, 0.4) is 0 Å². The quantitative estimate of drug-likeness (QED) is 0.448. The highest BCUT2D eigenvalue weighted by Gasteiger charge is 2.19. The number of esters is 2. The molecule has 0 saturated heterocycles. The molecule has 0 aromatic carbocycles.